The molecule has 20 heteroatoms. The van der Waals surface area contributed by atoms with Crippen LogP contribution in [0.1, 0.15) is 13.8 Å². The number of aromatic hydroxyl groups is 4. The Morgan fingerprint density at radius 2 is 1.28 bits per heavy atom. The SMILES string of the molecule is CC1O[C@@H](O[C@H]2C(C)O[C@@H](OCC3O[C@@H](Oc4c(-c5ccc(O)c(O)c5)oc5cc(O)cc(O)c5c4=O)C(O)C(O)[C@H]3O)C(O)[C@H]2O)C(O)[C@@H](O)[C@H]1O. The minimum Gasteiger partial charge on any atom is -0.508 e. The van der Waals surface area contributed by atoms with Crippen LogP contribution in [0, 0.1) is 0 Å². The Bertz CT molecular complexity index is 1830. The summed E-state index contributed by atoms with van der Waals surface area (Å²) in [6.07, 6.45) is -24.2. The van der Waals surface area contributed by atoms with E-state index >= 15 is 0 Å². The lowest BCUT2D eigenvalue weighted by Gasteiger charge is -2.46. The highest BCUT2D eigenvalue weighted by Gasteiger charge is 2.51. The van der Waals surface area contributed by atoms with E-state index in [1.54, 1.807) is 0 Å². The Kier molecular flexibility index (Phi) is 11.1. The first kappa shape index (κ1) is 38.8. The summed E-state index contributed by atoms with van der Waals surface area (Å²) in [6, 6.07) is 5.16. The molecule has 0 amide bonds. The van der Waals surface area contributed by atoms with E-state index in [-0.39, 0.29) is 11.1 Å². The van der Waals surface area contributed by atoms with Gasteiger partial charge in [-0.15, -0.1) is 0 Å². The van der Waals surface area contributed by atoms with Crippen LogP contribution in [0.2, 0.25) is 0 Å². The normalized spacial score (nSPS) is 37.8. The average Bonchev–Trinajstić information content (AvgIpc) is 3.11. The molecule has 3 aliphatic rings. The van der Waals surface area contributed by atoms with Gasteiger partial charge in [-0.25, -0.2) is 0 Å². The van der Waals surface area contributed by atoms with Crippen LogP contribution in [0.5, 0.6) is 28.7 Å². The predicted octanol–water partition coefficient (Wildman–Crippen LogP) is -2.84. The predicted molar refractivity (Wildman–Crippen MR) is 171 cm³/mol. The van der Waals surface area contributed by atoms with E-state index in [0.717, 1.165) is 24.3 Å². The van der Waals surface area contributed by atoms with Gasteiger partial charge in [-0.1, -0.05) is 0 Å². The van der Waals surface area contributed by atoms with E-state index in [0.29, 0.717) is 0 Å². The Morgan fingerprint density at radius 3 is 1.98 bits per heavy atom. The first-order chi connectivity index (χ1) is 25.0. The van der Waals surface area contributed by atoms with Gasteiger partial charge in [0.05, 0.1) is 18.8 Å². The first-order valence-corrected chi connectivity index (χ1v) is 16.4. The van der Waals surface area contributed by atoms with Gasteiger partial charge in [0, 0.05) is 17.7 Å². The largest absolute Gasteiger partial charge is 0.508 e. The van der Waals surface area contributed by atoms with E-state index in [2.05, 4.69) is 0 Å². The van der Waals surface area contributed by atoms with Crippen molar-refractivity contribution in [3.05, 3.63) is 40.6 Å². The number of benzene rings is 2. The highest BCUT2D eigenvalue weighted by atomic mass is 16.7. The number of phenols is 4. The van der Waals surface area contributed by atoms with Gasteiger partial charge in [0.15, 0.2) is 29.8 Å². The molecule has 20 nitrogen and oxygen atoms in total. The molecule has 3 fully saturated rings. The van der Waals surface area contributed by atoms with Crippen LogP contribution in [0.15, 0.2) is 39.5 Å². The molecule has 3 saturated heterocycles. The Labute approximate surface area is 298 Å². The number of phenolic OH excluding ortho intramolecular Hbond substituents is 4. The Morgan fingerprint density at radius 1 is 0.642 bits per heavy atom. The van der Waals surface area contributed by atoms with Crippen molar-refractivity contribution in [1.29, 1.82) is 0 Å². The fourth-order valence-corrected chi connectivity index (χ4v) is 6.30. The van der Waals surface area contributed by atoms with Crippen molar-refractivity contribution in [3.8, 4) is 40.1 Å². The van der Waals surface area contributed by atoms with Gasteiger partial charge in [0.2, 0.25) is 17.5 Å². The fourth-order valence-electron chi connectivity index (χ4n) is 6.30. The molecule has 3 aliphatic heterocycles. The molecule has 53 heavy (non-hydrogen) atoms. The fraction of sp³-hybridized carbons (Fsp3) is 0.545. The lowest BCUT2D eigenvalue weighted by atomic mass is 9.97. The summed E-state index contributed by atoms with van der Waals surface area (Å²) < 4.78 is 39.5. The van der Waals surface area contributed by atoms with Crippen molar-refractivity contribution in [2.24, 2.45) is 0 Å². The molecule has 0 saturated carbocycles. The van der Waals surface area contributed by atoms with E-state index in [9.17, 15) is 66.1 Å². The maximum absolute atomic E-state index is 13.7. The number of aliphatic hydroxyl groups is 8. The van der Waals surface area contributed by atoms with Gasteiger partial charge in [0.25, 0.3) is 0 Å². The number of hydrogen-bond acceptors (Lipinski definition) is 20. The van der Waals surface area contributed by atoms with Crippen LogP contribution < -0.4 is 10.2 Å². The Hall–Kier alpha value is -3.87. The number of ether oxygens (including phenoxy) is 6. The van der Waals surface area contributed by atoms with E-state index in [4.69, 9.17) is 32.8 Å². The molecule has 1 aromatic heterocycles. The smallest absolute Gasteiger partial charge is 0.239 e. The summed E-state index contributed by atoms with van der Waals surface area (Å²) in [4.78, 5) is 13.7. The quantitative estimate of drug-likeness (QED) is 0.103. The van der Waals surface area contributed by atoms with E-state index in [1.807, 2.05) is 0 Å². The summed E-state index contributed by atoms with van der Waals surface area (Å²) in [5.74, 6) is -3.50. The first-order valence-electron chi connectivity index (χ1n) is 16.4. The topological polar surface area (TPSA) is 328 Å². The van der Waals surface area contributed by atoms with Crippen molar-refractivity contribution in [2.45, 2.75) is 106 Å². The molecule has 0 radical (unpaired) electrons. The third-order valence-corrected chi connectivity index (χ3v) is 9.36. The standard InChI is InChI=1S/C33H40O20/c1-9-19(38)22(41)25(44)32(48-9)52-28-10(2)49-31(27(46)24(28)43)47-8-17-20(39)23(42)26(45)33(51-17)53-30-21(40)18-15(37)6-12(34)7-16(18)50-29(30)11-3-4-13(35)14(36)5-11/h3-7,9-10,17,19-20,22-28,31-39,41-46H,8H2,1-2H3/t9?,10?,17?,19-,20-,22-,23?,24+,25?,26?,27?,28-,31+,32-,33-/m0/s1. The second-order valence-corrected chi connectivity index (χ2v) is 13.1. The molecule has 6 rings (SSSR count). The third kappa shape index (κ3) is 7.34. The van der Waals surface area contributed by atoms with Gasteiger partial charge < -0.3 is 94.1 Å². The van der Waals surface area contributed by atoms with Crippen LogP contribution in [0.25, 0.3) is 22.3 Å². The van der Waals surface area contributed by atoms with Crippen molar-refractivity contribution >= 4 is 11.0 Å². The molecule has 15 atom stereocenters. The lowest BCUT2D eigenvalue weighted by Crippen LogP contribution is -2.63. The zero-order chi connectivity index (χ0) is 38.6. The zero-order valence-electron chi connectivity index (χ0n) is 27.9. The van der Waals surface area contributed by atoms with Gasteiger partial charge in [-0.05, 0) is 32.0 Å². The van der Waals surface area contributed by atoms with Crippen molar-refractivity contribution < 1.29 is 94.1 Å². The zero-order valence-corrected chi connectivity index (χ0v) is 27.9. The van der Waals surface area contributed by atoms with Crippen LogP contribution in [0.4, 0.5) is 0 Å². The minimum atomic E-state index is -2.03. The minimum absolute atomic E-state index is 0.0610. The van der Waals surface area contributed by atoms with Gasteiger partial charge in [-0.3, -0.25) is 4.79 Å². The monoisotopic (exact) mass is 756 g/mol. The maximum Gasteiger partial charge on any atom is 0.239 e. The molecule has 4 heterocycles. The summed E-state index contributed by atoms with van der Waals surface area (Å²) in [7, 11) is 0. The second kappa shape index (κ2) is 15.1. The number of rotatable bonds is 8. The lowest BCUT2D eigenvalue weighted by molar-refractivity contribution is -0.357. The molecule has 7 unspecified atom stereocenters. The third-order valence-electron chi connectivity index (χ3n) is 9.36. The van der Waals surface area contributed by atoms with Gasteiger partial charge in [0.1, 0.15) is 83.5 Å². The molecule has 0 bridgehead atoms. The van der Waals surface area contributed by atoms with E-state index < -0.39 is 144 Å². The molecule has 2 aromatic carbocycles. The summed E-state index contributed by atoms with van der Waals surface area (Å²) in [5.41, 5.74) is -1.44. The highest BCUT2D eigenvalue weighted by Crippen LogP contribution is 2.40. The van der Waals surface area contributed by atoms with E-state index in [1.165, 1.54) is 19.9 Å². The second-order valence-electron chi connectivity index (χ2n) is 13.1. The Balaban J connectivity index is 1.20. The van der Waals surface area contributed by atoms with Crippen LogP contribution >= 0.6 is 0 Å². The molecule has 0 aliphatic carbocycles. The molecule has 3 aromatic rings. The van der Waals surface area contributed by atoms with Crippen molar-refractivity contribution in [1.82, 2.24) is 0 Å². The van der Waals surface area contributed by atoms with Crippen molar-refractivity contribution in [3.63, 3.8) is 0 Å². The average molecular weight is 757 g/mol. The summed E-state index contributed by atoms with van der Waals surface area (Å²) in [5, 5.41) is 124. The van der Waals surface area contributed by atoms with Crippen molar-refractivity contribution in [2.75, 3.05) is 6.61 Å². The molecule has 0 spiro atoms. The number of fused-ring (bicyclic) bond motifs is 1. The van der Waals surface area contributed by atoms with Crippen LogP contribution in [-0.4, -0.2) is 160 Å². The molecular formula is C33H40O20. The highest BCUT2D eigenvalue weighted by molar-refractivity contribution is 5.88. The summed E-state index contributed by atoms with van der Waals surface area (Å²) in [6.45, 7) is 2.16. The van der Waals surface area contributed by atoms with Gasteiger partial charge in [-0.2, -0.15) is 0 Å². The maximum atomic E-state index is 13.7. The van der Waals surface area contributed by atoms with Gasteiger partial charge >= 0.3 is 0 Å². The molecule has 12 N–H and O–H groups in total. The van der Waals surface area contributed by atoms with Crippen LogP contribution in [-0.2, 0) is 23.7 Å². The summed E-state index contributed by atoms with van der Waals surface area (Å²) >= 11 is 0. The van der Waals surface area contributed by atoms with Crippen LogP contribution in [0.3, 0.4) is 0 Å². The number of hydrogen-bond donors (Lipinski definition) is 12. The molecule has 292 valence electrons. The number of aliphatic hydroxyl groups excluding tert-OH is 8. The molecular weight excluding hydrogens is 716 g/mol.